The first-order valence-electron chi connectivity index (χ1n) is 11.8. The Morgan fingerprint density at radius 2 is 1.83 bits per heavy atom. The van der Waals surface area contributed by atoms with Crippen LogP contribution in [0.1, 0.15) is 30.1 Å². The normalized spacial score (nSPS) is 14.7. The quantitative estimate of drug-likeness (QED) is 0.388. The SMILES string of the molecule is CC(=O)c1c[nH]c2ncc(-c3cnc4c(c3)n(CC3CCOCC3)c(=O)n4-c3ccccc3)cc12. The minimum absolute atomic E-state index is 0.0194. The average molecular weight is 468 g/mol. The number of aromatic nitrogens is 5. The summed E-state index contributed by atoms with van der Waals surface area (Å²) < 4.78 is 9.05. The van der Waals surface area contributed by atoms with E-state index in [0.29, 0.717) is 29.3 Å². The van der Waals surface area contributed by atoms with Crippen LogP contribution in [0.3, 0.4) is 0 Å². The molecule has 0 unspecified atom stereocenters. The molecule has 1 N–H and O–H groups in total. The third kappa shape index (κ3) is 3.76. The molecule has 8 heteroatoms. The molecule has 0 bridgehead atoms. The molecule has 6 rings (SSSR count). The Balaban J connectivity index is 1.52. The van der Waals surface area contributed by atoms with Gasteiger partial charge in [-0.25, -0.2) is 19.3 Å². The maximum absolute atomic E-state index is 13.7. The number of aromatic amines is 1. The number of rotatable bonds is 5. The van der Waals surface area contributed by atoms with Crippen molar-refractivity contribution in [3.05, 3.63) is 77.1 Å². The number of pyridine rings is 2. The fourth-order valence-corrected chi connectivity index (χ4v) is 4.91. The van der Waals surface area contributed by atoms with Crippen molar-refractivity contribution in [2.75, 3.05) is 13.2 Å². The Morgan fingerprint density at radius 3 is 2.60 bits per heavy atom. The third-order valence-corrected chi connectivity index (χ3v) is 6.81. The Labute approximate surface area is 201 Å². The highest BCUT2D eigenvalue weighted by Gasteiger charge is 2.22. The number of ketones is 1. The van der Waals surface area contributed by atoms with Crippen molar-refractivity contribution in [1.82, 2.24) is 24.1 Å². The smallest absolute Gasteiger partial charge is 0.334 e. The molecular formula is C27H25N5O3. The molecule has 1 aromatic carbocycles. The number of hydrogen-bond acceptors (Lipinski definition) is 5. The van der Waals surface area contributed by atoms with Crippen LogP contribution in [0, 0.1) is 5.92 Å². The summed E-state index contributed by atoms with van der Waals surface area (Å²) in [5, 5.41) is 0.775. The highest BCUT2D eigenvalue weighted by molar-refractivity contribution is 6.06. The van der Waals surface area contributed by atoms with E-state index in [1.54, 1.807) is 30.1 Å². The molecule has 0 spiro atoms. The van der Waals surface area contributed by atoms with Gasteiger partial charge in [0.05, 0.1) is 11.2 Å². The van der Waals surface area contributed by atoms with Gasteiger partial charge in [-0.05, 0) is 49.9 Å². The zero-order valence-electron chi connectivity index (χ0n) is 19.4. The van der Waals surface area contributed by atoms with Gasteiger partial charge in [-0.15, -0.1) is 0 Å². The van der Waals surface area contributed by atoms with Gasteiger partial charge in [-0.2, -0.15) is 0 Å². The molecule has 0 aliphatic carbocycles. The Hall–Kier alpha value is -4.04. The number of carbonyl (C=O) groups excluding carboxylic acids is 1. The van der Waals surface area contributed by atoms with Crippen LogP contribution >= 0.6 is 0 Å². The highest BCUT2D eigenvalue weighted by Crippen LogP contribution is 2.28. The van der Waals surface area contributed by atoms with Gasteiger partial charge in [0.2, 0.25) is 0 Å². The van der Waals surface area contributed by atoms with Gasteiger partial charge >= 0.3 is 5.69 Å². The van der Waals surface area contributed by atoms with E-state index in [9.17, 15) is 9.59 Å². The Bertz CT molecular complexity index is 1610. The summed E-state index contributed by atoms with van der Waals surface area (Å²) in [4.78, 5) is 38.0. The molecule has 1 saturated heterocycles. The zero-order chi connectivity index (χ0) is 23.9. The van der Waals surface area contributed by atoms with Crippen molar-refractivity contribution in [3.8, 4) is 16.8 Å². The number of H-pyrrole nitrogens is 1. The number of hydrogen-bond donors (Lipinski definition) is 1. The molecule has 0 amide bonds. The maximum Gasteiger partial charge on any atom is 0.334 e. The van der Waals surface area contributed by atoms with Crippen molar-refractivity contribution in [3.63, 3.8) is 0 Å². The van der Waals surface area contributed by atoms with Crippen molar-refractivity contribution in [2.24, 2.45) is 5.92 Å². The zero-order valence-corrected chi connectivity index (χ0v) is 19.4. The average Bonchev–Trinajstić information content (AvgIpc) is 3.43. The van der Waals surface area contributed by atoms with E-state index in [2.05, 4.69) is 9.97 Å². The molecule has 0 radical (unpaired) electrons. The first-order valence-corrected chi connectivity index (χ1v) is 11.8. The minimum atomic E-state index is -0.0968. The first kappa shape index (κ1) is 21.5. The monoisotopic (exact) mass is 467 g/mol. The number of para-hydroxylation sites is 1. The largest absolute Gasteiger partial charge is 0.381 e. The first-order chi connectivity index (χ1) is 17.1. The molecule has 35 heavy (non-hydrogen) atoms. The summed E-state index contributed by atoms with van der Waals surface area (Å²) in [5.74, 6) is 0.352. The third-order valence-electron chi connectivity index (χ3n) is 6.81. The molecule has 1 aliphatic rings. The molecule has 0 saturated carbocycles. The molecule has 4 aromatic heterocycles. The molecule has 8 nitrogen and oxygen atoms in total. The van der Waals surface area contributed by atoms with E-state index in [0.717, 1.165) is 53.8 Å². The van der Waals surface area contributed by atoms with Gasteiger partial charge in [0.25, 0.3) is 0 Å². The fourth-order valence-electron chi connectivity index (χ4n) is 4.91. The Morgan fingerprint density at radius 1 is 1.09 bits per heavy atom. The minimum Gasteiger partial charge on any atom is -0.381 e. The number of Topliss-reactive ketones (excluding diaryl/α,β-unsaturated/α-hetero) is 1. The van der Waals surface area contributed by atoms with E-state index >= 15 is 0 Å². The van der Waals surface area contributed by atoms with Crippen molar-refractivity contribution >= 4 is 28.0 Å². The lowest BCUT2D eigenvalue weighted by Gasteiger charge is -2.22. The second-order valence-corrected chi connectivity index (χ2v) is 9.07. The van der Waals surface area contributed by atoms with Crippen LogP contribution in [0.4, 0.5) is 0 Å². The van der Waals surface area contributed by atoms with Crippen LogP contribution in [-0.2, 0) is 11.3 Å². The van der Waals surface area contributed by atoms with Gasteiger partial charge in [-0.1, -0.05) is 18.2 Å². The molecule has 0 atom stereocenters. The van der Waals surface area contributed by atoms with Crippen molar-refractivity contribution < 1.29 is 9.53 Å². The van der Waals surface area contributed by atoms with Crippen LogP contribution in [0.5, 0.6) is 0 Å². The van der Waals surface area contributed by atoms with Crippen LogP contribution in [0.2, 0.25) is 0 Å². The van der Waals surface area contributed by atoms with Gasteiger partial charge in [-0.3, -0.25) is 9.36 Å². The van der Waals surface area contributed by atoms with Crippen LogP contribution in [0.25, 0.3) is 39.0 Å². The van der Waals surface area contributed by atoms with E-state index in [4.69, 9.17) is 9.72 Å². The number of ether oxygens (including phenoxy) is 1. The summed E-state index contributed by atoms with van der Waals surface area (Å²) >= 11 is 0. The maximum atomic E-state index is 13.7. The number of nitrogens with zero attached hydrogens (tertiary/aromatic N) is 4. The van der Waals surface area contributed by atoms with Crippen LogP contribution in [-0.4, -0.2) is 43.1 Å². The van der Waals surface area contributed by atoms with E-state index < -0.39 is 0 Å². The van der Waals surface area contributed by atoms with E-state index in [1.807, 2.05) is 47.0 Å². The molecular weight excluding hydrogens is 442 g/mol. The van der Waals surface area contributed by atoms with Crippen LogP contribution in [0.15, 0.2) is 65.8 Å². The Kier molecular flexibility index (Phi) is 5.30. The summed E-state index contributed by atoms with van der Waals surface area (Å²) in [6.07, 6.45) is 7.08. The summed E-state index contributed by atoms with van der Waals surface area (Å²) in [6, 6.07) is 13.6. The van der Waals surface area contributed by atoms with Crippen molar-refractivity contribution in [1.29, 1.82) is 0 Å². The topological polar surface area (TPSA) is 94.8 Å². The van der Waals surface area contributed by atoms with Gasteiger partial charge in [0, 0.05) is 60.4 Å². The standard InChI is InChI=1S/C27H25N5O3/c1-17(33)23-15-29-25-22(23)11-19(13-28-25)20-12-24-26(30-14-20)32(21-5-3-2-4-6-21)27(34)31(24)16-18-7-9-35-10-8-18/h2-6,11-15,18H,7-10,16H2,1H3,(H,28,29). The second-order valence-electron chi connectivity index (χ2n) is 9.07. The highest BCUT2D eigenvalue weighted by atomic mass is 16.5. The number of carbonyl (C=O) groups is 1. The van der Waals surface area contributed by atoms with Crippen LogP contribution < -0.4 is 5.69 Å². The fraction of sp³-hybridized carbons (Fsp3) is 0.259. The summed E-state index contributed by atoms with van der Waals surface area (Å²) in [7, 11) is 0. The molecule has 1 fully saturated rings. The predicted molar refractivity (Wildman–Crippen MR) is 134 cm³/mol. The molecule has 176 valence electrons. The van der Waals surface area contributed by atoms with E-state index in [1.165, 1.54) is 0 Å². The van der Waals surface area contributed by atoms with Gasteiger partial charge in [0.15, 0.2) is 11.4 Å². The van der Waals surface area contributed by atoms with Gasteiger partial charge < -0.3 is 9.72 Å². The summed E-state index contributed by atoms with van der Waals surface area (Å²) in [5.41, 5.74) is 5.05. The lowest BCUT2D eigenvalue weighted by Crippen LogP contribution is -2.28. The van der Waals surface area contributed by atoms with E-state index in [-0.39, 0.29) is 11.5 Å². The van der Waals surface area contributed by atoms with Crippen molar-refractivity contribution in [2.45, 2.75) is 26.3 Å². The second kappa shape index (κ2) is 8.63. The predicted octanol–water partition coefficient (Wildman–Crippen LogP) is 4.36. The number of nitrogens with one attached hydrogen (secondary N) is 1. The lowest BCUT2D eigenvalue weighted by molar-refractivity contribution is 0.0613. The molecule has 5 aromatic rings. The number of fused-ring (bicyclic) bond motifs is 2. The lowest BCUT2D eigenvalue weighted by atomic mass is 10.0. The summed E-state index contributed by atoms with van der Waals surface area (Å²) in [6.45, 7) is 3.61. The number of imidazole rings is 1. The molecule has 5 heterocycles. The number of benzene rings is 1. The van der Waals surface area contributed by atoms with Gasteiger partial charge in [0.1, 0.15) is 5.65 Å². The molecule has 1 aliphatic heterocycles.